The molecule has 1 aromatic carbocycles. The summed E-state index contributed by atoms with van der Waals surface area (Å²) in [5, 5.41) is 2.97. The van der Waals surface area contributed by atoms with Crippen molar-refractivity contribution in [3.63, 3.8) is 0 Å². The molecule has 0 unspecified atom stereocenters. The fourth-order valence-electron chi connectivity index (χ4n) is 1.32. The first-order valence-corrected chi connectivity index (χ1v) is 5.90. The maximum Gasteiger partial charge on any atom is 0.471 e. The first-order valence-electron chi connectivity index (χ1n) is 4.78. The van der Waals surface area contributed by atoms with Crippen molar-refractivity contribution in [2.24, 2.45) is 0 Å². The van der Waals surface area contributed by atoms with Gasteiger partial charge in [0, 0.05) is 16.5 Å². The van der Waals surface area contributed by atoms with Gasteiger partial charge in [-0.2, -0.15) is 18.2 Å². The fourth-order valence-corrected chi connectivity index (χ4v) is 1.85. The van der Waals surface area contributed by atoms with Gasteiger partial charge in [0.1, 0.15) is 11.6 Å². The van der Waals surface area contributed by atoms with Gasteiger partial charge in [-0.15, -0.1) is 0 Å². The quantitative estimate of drug-likeness (QED) is 0.613. The molecule has 3 nitrogen and oxygen atoms in total. The normalized spacial score (nSPS) is 11.9. The van der Waals surface area contributed by atoms with Crippen molar-refractivity contribution in [1.82, 2.24) is 10.1 Å². The number of hydrogen-bond donors (Lipinski definition) is 0. The largest absolute Gasteiger partial charge is 0.471 e. The highest BCUT2D eigenvalue weighted by molar-refractivity contribution is 9.08. The van der Waals surface area contributed by atoms with E-state index >= 15 is 0 Å². The monoisotopic (exact) mass is 342 g/mol. The minimum atomic E-state index is -4.81. The molecule has 9 heteroatoms. The van der Waals surface area contributed by atoms with Crippen LogP contribution in [0.1, 0.15) is 11.5 Å². The van der Waals surface area contributed by atoms with Gasteiger partial charge in [0.2, 0.25) is 5.82 Å². The molecule has 0 saturated carbocycles. The summed E-state index contributed by atoms with van der Waals surface area (Å²) in [4.78, 5) is 3.04. The summed E-state index contributed by atoms with van der Waals surface area (Å²) in [6.07, 6.45) is -4.81. The first kappa shape index (κ1) is 13.9. The zero-order valence-corrected chi connectivity index (χ0v) is 10.5. The van der Waals surface area contributed by atoms with Gasteiger partial charge in [0.15, 0.2) is 0 Å². The summed E-state index contributed by atoms with van der Waals surface area (Å²) >= 11 is 2.89. The predicted octanol–water partition coefficient (Wildman–Crippen LogP) is 3.93. The van der Waals surface area contributed by atoms with Crippen LogP contribution in [0.5, 0.6) is 0 Å². The predicted molar refractivity (Wildman–Crippen MR) is 57.3 cm³/mol. The second kappa shape index (κ2) is 4.87. The summed E-state index contributed by atoms with van der Waals surface area (Å²) in [6.45, 7) is 0. The number of aromatic nitrogens is 2. The van der Waals surface area contributed by atoms with E-state index < -0.39 is 29.5 Å². The van der Waals surface area contributed by atoms with E-state index in [1.54, 1.807) is 0 Å². The number of halogens is 6. The number of alkyl halides is 4. The van der Waals surface area contributed by atoms with Crippen LogP contribution in [-0.2, 0) is 11.5 Å². The summed E-state index contributed by atoms with van der Waals surface area (Å²) in [6, 6.07) is 1.68. The molecule has 1 heterocycles. The third-order valence-corrected chi connectivity index (χ3v) is 2.76. The van der Waals surface area contributed by atoms with Crippen LogP contribution >= 0.6 is 15.9 Å². The highest BCUT2D eigenvalue weighted by atomic mass is 79.9. The van der Waals surface area contributed by atoms with Crippen molar-refractivity contribution < 1.29 is 26.5 Å². The van der Waals surface area contributed by atoms with Crippen LogP contribution in [0, 0.1) is 11.6 Å². The minimum absolute atomic E-state index is 0.0645. The van der Waals surface area contributed by atoms with E-state index in [0.29, 0.717) is 0 Å². The Balaban J connectivity index is 2.46. The Morgan fingerprint density at radius 2 is 1.74 bits per heavy atom. The number of nitrogens with zero attached hydrogens (tertiary/aromatic N) is 2. The first-order chi connectivity index (χ1) is 8.82. The van der Waals surface area contributed by atoms with Crippen molar-refractivity contribution in [3.8, 4) is 11.4 Å². The Morgan fingerprint density at radius 1 is 1.16 bits per heavy atom. The van der Waals surface area contributed by atoms with Crippen LogP contribution in [-0.4, -0.2) is 10.1 Å². The Morgan fingerprint density at radius 3 is 2.16 bits per heavy atom. The molecule has 1 aromatic heterocycles. The lowest BCUT2D eigenvalue weighted by molar-refractivity contribution is -0.159. The molecule has 0 aliphatic heterocycles. The smallest absolute Gasteiger partial charge is 0.329 e. The fraction of sp³-hybridized carbons (Fsp3) is 0.200. The molecule has 0 aliphatic carbocycles. The third-order valence-electron chi connectivity index (χ3n) is 2.20. The van der Waals surface area contributed by atoms with Crippen molar-refractivity contribution in [2.45, 2.75) is 11.5 Å². The molecule has 0 fully saturated rings. The number of benzene rings is 1. The average molecular weight is 343 g/mol. The maximum atomic E-state index is 13.5. The molecule has 19 heavy (non-hydrogen) atoms. The van der Waals surface area contributed by atoms with Crippen LogP contribution in [0.2, 0.25) is 0 Å². The Labute approximate surface area is 111 Å². The van der Waals surface area contributed by atoms with E-state index in [1.807, 2.05) is 0 Å². The van der Waals surface area contributed by atoms with Gasteiger partial charge < -0.3 is 4.52 Å². The van der Waals surface area contributed by atoms with Crippen molar-refractivity contribution in [2.75, 3.05) is 0 Å². The van der Waals surface area contributed by atoms with Gasteiger partial charge in [0.05, 0.1) is 0 Å². The zero-order valence-electron chi connectivity index (χ0n) is 8.93. The summed E-state index contributed by atoms with van der Waals surface area (Å²) < 4.78 is 67.6. The number of rotatable bonds is 2. The van der Waals surface area contributed by atoms with Gasteiger partial charge in [-0.3, -0.25) is 0 Å². The summed E-state index contributed by atoms with van der Waals surface area (Å²) in [5.74, 6) is -3.94. The second-order valence-corrected chi connectivity index (χ2v) is 4.03. The maximum absolute atomic E-state index is 13.5. The Bertz CT molecular complexity index is 587. The minimum Gasteiger partial charge on any atom is -0.329 e. The van der Waals surface area contributed by atoms with Gasteiger partial charge >= 0.3 is 12.1 Å². The van der Waals surface area contributed by atoms with Crippen molar-refractivity contribution in [1.29, 1.82) is 0 Å². The standard InChI is InChI=1S/C10H4BrF5N2O/c11-3-5-6(12)1-4(2-7(5)13)8-17-9(19-18-8)10(14,15)16/h1-2H,3H2. The Kier molecular flexibility index (Phi) is 3.57. The van der Waals surface area contributed by atoms with Crippen LogP contribution in [0.15, 0.2) is 16.7 Å². The molecule has 2 aromatic rings. The zero-order chi connectivity index (χ0) is 14.2. The summed E-state index contributed by atoms with van der Waals surface area (Å²) in [5.41, 5.74) is -0.470. The number of hydrogen-bond acceptors (Lipinski definition) is 3. The molecule has 2 rings (SSSR count). The molecule has 0 saturated heterocycles. The molecule has 0 radical (unpaired) electrons. The Hall–Kier alpha value is -1.51. The molecular weight excluding hydrogens is 339 g/mol. The van der Waals surface area contributed by atoms with E-state index in [4.69, 9.17) is 0 Å². The van der Waals surface area contributed by atoms with E-state index in [2.05, 4.69) is 30.6 Å². The molecule has 0 bridgehead atoms. The van der Waals surface area contributed by atoms with Crippen LogP contribution in [0.25, 0.3) is 11.4 Å². The average Bonchev–Trinajstić information content (AvgIpc) is 2.77. The molecule has 0 aliphatic rings. The SMILES string of the molecule is Fc1cc(-c2noc(C(F)(F)F)n2)cc(F)c1CBr. The van der Waals surface area contributed by atoms with Crippen LogP contribution in [0.4, 0.5) is 22.0 Å². The van der Waals surface area contributed by atoms with Crippen LogP contribution in [0.3, 0.4) is 0 Å². The van der Waals surface area contributed by atoms with E-state index in [-0.39, 0.29) is 16.5 Å². The van der Waals surface area contributed by atoms with E-state index in [0.717, 1.165) is 12.1 Å². The highest BCUT2D eigenvalue weighted by Gasteiger charge is 2.38. The van der Waals surface area contributed by atoms with E-state index in [1.165, 1.54) is 0 Å². The molecule has 0 spiro atoms. The van der Waals surface area contributed by atoms with Gasteiger partial charge in [-0.25, -0.2) is 8.78 Å². The lowest BCUT2D eigenvalue weighted by Gasteiger charge is -2.02. The molecular formula is C10H4BrF5N2O. The summed E-state index contributed by atoms with van der Waals surface area (Å²) in [7, 11) is 0. The van der Waals surface area contributed by atoms with Crippen LogP contribution < -0.4 is 0 Å². The van der Waals surface area contributed by atoms with E-state index in [9.17, 15) is 22.0 Å². The van der Waals surface area contributed by atoms with Gasteiger partial charge in [-0.05, 0) is 12.1 Å². The third kappa shape index (κ3) is 2.75. The molecule has 0 atom stereocenters. The van der Waals surface area contributed by atoms with Crippen molar-refractivity contribution >= 4 is 15.9 Å². The molecule has 0 amide bonds. The lowest BCUT2D eigenvalue weighted by atomic mass is 10.1. The second-order valence-electron chi connectivity index (χ2n) is 3.47. The van der Waals surface area contributed by atoms with Gasteiger partial charge in [-0.1, -0.05) is 21.1 Å². The topological polar surface area (TPSA) is 38.9 Å². The lowest BCUT2D eigenvalue weighted by Crippen LogP contribution is -2.04. The molecule has 102 valence electrons. The van der Waals surface area contributed by atoms with Crippen molar-refractivity contribution in [3.05, 3.63) is 35.2 Å². The highest BCUT2D eigenvalue weighted by Crippen LogP contribution is 2.30. The van der Waals surface area contributed by atoms with Gasteiger partial charge in [0.25, 0.3) is 0 Å². The molecule has 0 N–H and O–H groups in total.